The van der Waals surface area contributed by atoms with Crippen molar-refractivity contribution in [2.75, 3.05) is 32.4 Å². The number of thiophene rings is 1. The van der Waals surface area contributed by atoms with E-state index in [1.54, 1.807) is 16.2 Å². The van der Waals surface area contributed by atoms with Crippen LogP contribution in [-0.2, 0) is 22.9 Å². The minimum absolute atomic E-state index is 0.0607. The zero-order chi connectivity index (χ0) is 16.6. The maximum atomic E-state index is 12.7. The van der Waals surface area contributed by atoms with Gasteiger partial charge in [0.1, 0.15) is 0 Å². The molecule has 2 aliphatic rings. The Morgan fingerprint density at radius 1 is 1.30 bits per heavy atom. The van der Waals surface area contributed by atoms with Crippen LogP contribution in [0.15, 0.2) is 6.07 Å². The largest absolute Gasteiger partial charge is 0.335 e. The zero-order valence-corrected chi connectivity index (χ0v) is 15.4. The first-order chi connectivity index (χ1) is 10.9. The molecule has 0 spiro atoms. The van der Waals surface area contributed by atoms with Gasteiger partial charge < -0.3 is 4.90 Å². The number of sulfonamides is 1. The Labute approximate surface area is 142 Å². The van der Waals surface area contributed by atoms with Gasteiger partial charge in [-0.3, -0.25) is 4.79 Å². The van der Waals surface area contributed by atoms with Crippen molar-refractivity contribution >= 4 is 27.3 Å². The van der Waals surface area contributed by atoms with Crippen LogP contribution in [0.25, 0.3) is 0 Å². The fraction of sp³-hybridized carbons (Fsp3) is 0.688. The van der Waals surface area contributed by atoms with E-state index in [0.717, 1.165) is 23.6 Å². The molecule has 0 aromatic carbocycles. The summed E-state index contributed by atoms with van der Waals surface area (Å²) in [4.78, 5) is 16.7. The lowest BCUT2D eigenvalue weighted by Crippen LogP contribution is -2.50. The number of carbonyl (C=O) groups excluding carboxylic acids is 1. The molecule has 1 fully saturated rings. The summed E-state index contributed by atoms with van der Waals surface area (Å²) in [6, 6.07) is 2.08. The van der Waals surface area contributed by atoms with Crippen molar-refractivity contribution in [3.8, 4) is 0 Å². The summed E-state index contributed by atoms with van der Waals surface area (Å²) in [5.74, 6) is 0.809. The van der Waals surface area contributed by atoms with Crippen LogP contribution in [0, 0.1) is 5.92 Å². The molecule has 1 aromatic heterocycles. The van der Waals surface area contributed by atoms with Crippen molar-refractivity contribution in [3.63, 3.8) is 0 Å². The number of nitrogens with zero attached hydrogens (tertiary/aromatic N) is 2. The molecule has 0 radical (unpaired) electrons. The molecule has 1 aliphatic heterocycles. The maximum absolute atomic E-state index is 12.7. The first-order valence-electron chi connectivity index (χ1n) is 8.24. The molecule has 7 heteroatoms. The van der Waals surface area contributed by atoms with Gasteiger partial charge in [0.05, 0.1) is 11.1 Å². The van der Waals surface area contributed by atoms with Gasteiger partial charge in [-0.2, -0.15) is 4.31 Å². The number of amides is 1. The summed E-state index contributed by atoms with van der Waals surface area (Å²) in [5.41, 5.74) is 1.35. The molecule has 2 heterocycles. The molecular weight excluding hydrogens is 332 g/mol. The Morgan fingerprint density at radius 2 is 2.00 bits per heavy atom. The Hall–Kier alpha value is -0.920. The van der Waals surface area contributed by atoms with Gasteiger partial charge in [0, 0.05) is 31.1 Å². The second-order valence-corrected chi connectivity index (χ2v) is 9.65. The van der Waals surface area contributed by atoms with Crippen molar-refractivity contribution in [2.24, 2.45) is 5.92 Å². The zero-order valence-electron chi connectivity index (χ0n) is 13.7. The van der Waals surface area contributed by atoms with Crippen LogP contribution in [0.2, 0.25) is 0 Å². The number of fused-ring (bicyclic) bond motifs is 1. The molecule has 1 aliphatic carbocycles. The lowest BCUT2D eigenvalue weighted by molar-refractivity contribution is 0.0703. The molecule has 128 valence electrons. The molecule has 0 N–H and O–H groups in total. The average molecular weight is 357 g/mol. The monoisotopic (exact) mass is 356 g/mol. The van der Waals surface area contributed by atoms with Crippen molar-refractivity contribution in [2.45, 2.75) is 32.6 Å². The van der Waals surface area contributed by atoms with Crippen molar-refractivity contribution < 1.29 is 13.2 Å². The van der Waals surface area contributed by atoms with Gasteiger partial charge in [-0.05, 0) is 36.8 Å². The van der Waals surface area contributed by atoms with Gasteiger partial charge in [-0.15, -0.1) is 11.3 Å². The van der Waals surface area contributed by atoms with Gasteiger partial charge in [0.25, 0.3) is 5.91 Å². The second kappa shape index (κ2) is 6.53. The van der Waals surface area contributed by atoms with Gasteiger partial charge in [0.15, 0.2) is 0 Å². The summed E-state index contributed by atoms with van der Waals surface area (Å²) in [6.07, 6.45) is 5.84. The highest BCUT2D eigenvalue weighted by Gasteiger charge is 2.29. The van der Waals surface area contributed by atoms with Gasteiger partial charge in [-0.1, -0.05) is 13.3 Å². The van der Waals surface area contributed by atoms with E-state index in [0.29, 0.717) is 26.2 Å². The Bertz CT molecular complexity index is 688. The Morgan fingerprint density at radius 3 is 2.61 bits per heavy atom. The third kappa shape index (κ3) is 3.61. The SMILES string of the molecule is CC[C@@H]1CCc2sc(C(=O)N3CCN(S(C)(=O)=O)CC3)cc2C1. The molecule has 1 aromatic rings. The standard InChI is InChI=1S/C16H24N2O3S2/c1-3-12-4-5-14-13(10-12)11-15(22-14)16(19)17-6-8-18(9-7-17)23(2,20)21/h11-12H,3-10H2,1-2H3/t12-/m1/s1. The fourth-order valence-electron chi connectivity index (χ4n) is 3.43. The van der Waals surface area contributed by atoms with Crippen LogP contribution in [0.1, 0.15) is 39.9 Å². The molecule has 1 atom stereocenters. The summed E-state index contributed by atoms with van der Waals surface area (Å²) in [5, 5.41) is 0. The third-order valence-corrected chi connectivity index (χ3v) is 7.50. The van der Waals surface area contributed by atoms with E-state index in [4.69, 9.17) is 0 Å². The van der Waals surface area contributed by atoms with Crippen molar-refractivity contribution in [1.82, 2.24) is 9.21 Å². The number of hydrogen-bond donors (Lipinski definition) is 0. The van der Waals surface area contributed by atoms with Crippen molar-refractivity contribution in [1.29, 1.82) is 0 Å². The quantitative estimate of drug-likeness (QED) is 0.832. The first kappa shape index (κ1) is 16.9. The number of carbonyl (C=O) groups is 1. The highest BCUT2D eigenvalue weighted by Crippen LogP contribution is 2.34. The number of piperazine rings is 1. The highest BCUT2D eigenvalue weighted by atomic mass is 32.2. The molecule has 0 bridgehead atoms. The summed E-state index contributed by atoms with van der Waals surface area (Å²) in [7, 11) is -3.15. The molecule has 23 heavy (non-hydrogen) atoms. The van der Waals surface area contributed by atoms with Crippen molar-refractivity contribution in [3.05, 3.63) is 21.4 Å². The van der Waals surface area contributed by atoms with E-state index in [1.165, 1.54) is 33.8 Å². The molecule has 0 saturated carbocycles. The number of hydrogen-bond acceptors (Lipinski definition) is 4. The van der Waals surface area contributed by atoms with Crippen LogP contribution in [0.3, 0.4) is 0 Å². The third-order valence-electron chi connectivity index (χ3n) is 4.97. The van der Waals surface area contributed by atoms with E-state index >= 15 is 0 Å². The molecule has 3 rings (SSSR count). The topological polar surface area (TPSA) is 57.7 Å². The Balaban J connectivity index is 1.67. The van der Waals surface area contributed by atoms with Crippen LogP contribution in [0.5, 0.6) is 0 Å². The van der Waals surface area contributed by atoms with E-state index in [9.17, 15) is 13.2 Å². The lowest BCUT2D eigenvalue weighted by Gasteiger charge is -2.33. The summed E-state index contributed by atoms with van der Waals surface area (Å²) in [6.45, 7) is 3.98. The second-order valence-electron chi connectivity index (χ2n) is 6.53. The van der Waals surface area contributed by atoms with E-state index in [-0.39, 0.29) is 5.91 Å². The average Bonchev–Trinajstić information content (AvgIpc) is 2.96. The molecule has 1 amide bonds. The Kier molecular flexibility index (Phi) is 4.80. The molecule has 0 unspecified atom stereocenters. The highest BCUT2D eigenvalue weighted by molar-refractivity contribution is 7.88. The lowest BCUT2D eigenvalue weighted by atomic mass is 9.87. The molecule has 1 saturated heterocycles. The normalized spacial score (nSPS) is 22.9. The van der Waals surface area contributed by atoms with Crippen LogP contribution >= 0.6 is 11.3 Å². The number of rotatable bonds is 3. The first-order valence-corrected chi connectivity index (χ1v) is 10.9. The fourth-order valence-corrected chi connectivity index (χ4v) is 5.43. The predicted molar refractivity (Wildman–Crippen MR) is 92.4 cm³/mol. The summed E-state index contributed by atoms with van der Waals surface area (Å²) < 4.78 is 24.5. The molecule has 5 nitrogen and oxygen atoms in total. The summed E-state index contributed by atoms with van der Waals surface area (Å²) >= 11 is 1.63. The van der Waals surface area contributed by atoms with E-state index < -0.39 is 10.0 Å². The van der Waals surface area contributed by atoms with Gasteiger partial charge >= 0.3 is 0 Å². The van der Waals surface area contributed by atoms with Crippen LogP contribution in [-0.4, -0.2) is 56.0 Å². The van der Waals surface area contributed by atoms with E-state index in [1.807, 2.05) is 0 Å². The number of aryl methyl sites for hydroxylation is 1. The predicted octanol–water partition coefficient (Wildman–Crippen LogP) is 1.98. The molecular formula is C16H24N2O3S2. The van der Waals surface area contributed by atoms with Gasteiger partial charge in [-0.25, -0.2) is 8.42 Å². The minimum Gasteiger partial charge on any atom is -0.335 e. The van der Waals surface area contributed by atoms with Gasteiger partial charge in [0.2, 0.25) is 10.0 Å². The van der Waals surface area contributed by atoms with E-state index in [2.05, 4.69) is 13.0 Å². The van der Waals surface area contributed by atoms with Crippen LogP contribution < -0.4 is 0 Å². The smallest absolute Gasteiger partial charge is 0.264 e. The van der Waals surface area contributed by atoms with Crippen LogP contribution in [0.4, 0.5) is 0 Å². The maximum Gasteiger partial charge on any atom is 0.264 e. The minimum atomic E-state index is -3.15.